The molecule has 3 N–H and O–H groups in total. The van der Waals surface area contributed by atoms with E-state index < -0.39 is 215 Å². The second-order valence-corrected chi connectivity index (χ2v) is 30.7. The number of rotatable bonds is 35. The van der Waals surface area contributed by atoms with Crippen LogP contribution < -0.4 is 5.32 Å². The molecule has 4 saturated heterocycles. The van der Waals surface area contributed by atoms with Crippen LogP contribution in [0.4, 0.5) is 0 Å². The molecule has 0 aromatic heterocycles. The van der Waals surface area contributed by atoms with E-state index >= 15 is 19.2 Å². The predicted octanol–water partition coefficient (Wildman–Crippen LogP) is 10.9. The summed E-state index contributed by atoms with van der Waals surface area (Å²) >= 11 is 0. The van der Waals surface area contributed by atoms with Crippen LogP contribution in [0.5, 0.6) is 0 Å². The van der Waals surface area contributed by atoms with E-state index in [1.165, 1.54) is 182 Å². The maximum absolute atomic E-state index is 15.8. The first-order valence-electron chi connectivity index (χ1n) is 42.5. The lowest BCUT2D eigenvalue weighted by Gasteiger charge is -2.51. The molecule has 14 rings (SSSR count). The number of hydrogen-bond acceptors (Lipinski definition) is 31. The molecule has 32 nitrogen and oxygen atoms in total. The van der Waals surface area contributed by atoms with E-state index in [-0.39, 0.29) is 62.2 Å². The molecule has 0 bridgehead atoms. The molecule has 0 saturated carbocycles. The zero-order chi connectivity index (χ0) is 92.4. The summed E-state index contributed by atoms with van der Waals surface area (Å²) in [5.41, 5.74) is -0.585. The van der Waals surface area contributed by atoms with Crippen LogP contribution in [-0.2, 0) is 90.1 Å². The standard InChI is InChI=1S/C100H93NO31/c1-3-4-55-115-98-85(128-95(113)69-51-31-13-32-52-69)83(127-94(112)68-49-29-12-30-50-68)80(74(122-98)59-119-90(108)64-41-21-8-22-42-64)131-100-86(129-96(114)70-53-33-14-34-54-70)84(79(124-91(109)65-43-23-9-24-44-65)73(123-100)58-118-89(107)63-39-19-7-20-40-63)132-97-75(101-60(2)102)81(125-92(110)66-45-25-10-26-46-66)78(72(121-97)57-117-88(106)62-37-17-6-18-38-62)130-99-82(126-93(111)67-47-27-11-28-48-67)77(104)76(103)71(120-99)56-116-87(105)61-35-15-5-16-36-61/h5-54,71-86,97-100,103-104H,3-4,55-59H2,1-2H3,(H,101,102)/t71?,72?,73?,74?,75-,76-,77?,78+,79-,80+,81?,82-,83-,84?,85?,86-,97-,98+,99-,100-/m0/s1. The van der Waals surface area contributed by atoms with Gasteiger partial charge in [0.25, 0.3) is 0 Å². The average molecular weight is 1800 g/mol. The molecule has 0 radical (unpaired) electrons. The first-order valence-corrected chi connectivity index (χ1v) is 42.5. The second kappa shape index (κ2) is 46.0. The minimum atomic E-state index is -2.40. The molecule has 20 atom stereocenters. The minimum Gasteiger partial charge on any atom is -0.459 e. The third-order valence-electron chi connectivity index (χ3n) is 21.6. The molecule has 10 aromatic carbocycles. The molecule has 1 amide bonds. The third-order valence-corrected chi connectivity index (χ3v) is 21.6. The van der Waals surface area contributed by atoms with Gasteiger partial charge in [-0.1, -0.05) is 195 Å². The molecule has 4 fully saturated rings. The van der Waals surface area contributed by atoms with Gasteiger partial charge < -0.3 is 101 Å². The normalized spacial score (nSPS) is 24.9. The first kappa shape index (κ1) is 94.1. The molecular weight excluding hydrogens is 1710 g/mol. The van der Waals surface area contributed by atoms with Crippen molar-refractivity contribution in [3.05, 3.63) is 359 Å². The topological polar surface area (TPSA) is 406 Å². The molecule has 32 heteroatoms. The molecule has 0 spiro atoms. The molecule has 4 heterocycles. The van der Waals surface area contributed by atoms with Crippen molar-refractivity contribution in [3.8, 4) is 0 Å². The van der Waals surface area contributed by atoms with Gasteiger partial charge >= 0.3 is 59.7 Å². The first-order chi connectivity index (χ1) is 64.2. The van der Waals surface area contributed by atoms with E-state index in [0.29, 0.717) is 12.8 Å². The summed E-state index contributed by atoms with van der Waals surface area (Å²) in [6.45, 7) is -0.870. The van der Waals surface area contributed by atoms with Crippen LogP contribution in [0.15, 0.2) is 303 Å². The zero-order valence-electron chi connectivity index (χ0n) is 71.1. The predicted molar refractivity (Wildman–Crippen MR) is 461 cm³/mol. The van der Waals surface area contributed by atoms with Gasteiger partial charge in [-0.05, 0) is 128 Å². The number of nitrogens with one attached hydrogen (secondary N) is 1. The van der Waals surface area contributed by atoms with Gasteiger partial charge in [-0.15, -0.1) is 0 Å². The van der Waals surface area contributed by atoms with Crippen LogP contribution in [0.1, 0.15) is 130 Å². The molecule has 4 aliphatic heterocycles. The van der Waals surface area contributed by atoms with E-state index in [4.69, 9.17) is 85.3 Å². The van der Waals surface area contributed by atoms with Crippen LogP contribution in [-0.4, -0.2) is 232 Å². The summed E-state index contributed by atoms with van der Waals surface area (Å²) in [6.07, 6.45) is -39.1. The number of ether oxygens (including phenoxy) is 18. The molecule has 132 heavy (non-hydrogen) atoms. The Balaban J connectivity index is 0.966. The number of amides is 1. The lowest BCUT2D eigenvalue weighted by molar-refractivity contribution is -0.379. The summed E-state index contributed by atoms with van der Waals surface area (Å²) in [5, 5.41) is 27.3. The van der Waals surface area contributed by atoms with Gasteiger partial charge in [0.15, 0.2) is 61.8 Å². The van der Waals surface area contributed by atoms with Crippen LogP contribution in [0.2, 0.25) is 0 Å². The maximum Gasteiger partial charge on any atom is 0.338 e. The lowest BCUT2D eigenvalue weighted by Crippen LogP contribution is -2.71. The van der Waals surface area contributed by atoms with E-state index in [1.807, 2.05) is 6.92 Å². The van der Waals surface area contributed by atoms with Gasteiger partial charge in [0.1, 0.15) is 87.4 Å². The van der Waals surface area contributed by atoms with Gasteiger partial charge in [-0.2, -0.15) is 0 Å². The Kier molecular flexibility index (Phi) is 32.8. The van der Waals surface area contributed by atoms with Crippen molar-refractivity contribution in [2.45, 2.75) is 149 Å². The number of hydrogen-bond donors (Lipinski definition) is 3. The fourth-order valence-electron chi connectivity index (χ4n) is 14.9. The summed E-state index contributed by atoms with van der Waals surface area (Å²) in [4.78, 5) is 163. The van der Waals surface area contributed by atoms with Crippen molar-refractivity contribution in [1.82, 2.24) is 5.32 Å². The van der Waals surface area contributed by atoms with Crippen molar-refractivity contribution in [2.24, 2.45) is 0 Å². The van der Waals surface area contributed by atoms with Gasteiger partial charge in [0, 0.05) is 13.5 Å². The summed E-state index contributed by atoms with van der Waals surface area (Å²) in [6, 6.07) is 73.0. The quantitative estimate of drug-likeness (QED) is 0.0189. The van der Waals surface area contributed by atoms with Crippen molar-refractivity contribution in [3.63, 3.8) is 0 Å². The molecular formula is C100H93NO31. The van der Waals surface area contributed by atoms with Crippen molar-refractivity contribution >= 4 is 65.6 Å². The minimum absolute atomic E-state index is 0.0158. The Morgan fingerprint density at radius 2 is 0.508 bits per heavy atom. The largest absolute Gasteiger partial charge is 0.459 e. The monoisotopic (exact) mass is 1800 g/mol. The number of unbranched alkanes of at least 4 members (excludes halogenated alkanes) is 1. The highest BCUT2D eigenvalue weighted by Crippen LogP contribution is 2.41. The van der Waals surface area contributed by atoms with E-state index in [2.05, 4.69) is 5.32 Å². The average Bonchev–Trinajstić information content (AvgIpc) is 0.756. The fraction of sp³-hybridized carbons (Fsp3) is 0.290. The SMILES string of the molecule is CCCCO[C@@H]1OC(COC(=O)c2ccccc2)[C@@H](O[C@@H]2OC(COC(=O)c3ccccc3)[C@H](OC(=O)c3ccccc3)C(O[C@@H]3OC(COC(=O)c4ccccc4)[C@@H](O[C@@H]4OC(COC(=O)c5ccccc5)[C@H](O)C(O)[C@@H]4OC(=O)c4ccccc4)C(OC(=O)c4ccccc4)[C@@H]3NC(C)=O)[C@@H]2OC(=O)c2ccccc2)[C@H](OC(=O)c2ccccc2)C1OC(=O)c1ccccc1. The Hall–Kier alpha value is -14.0. The number of carbonyl (C=O) groups excluding carboxylic acids is 11. The van der Waals surface area contributed by atoms with Crippen molar-refractivity contribution in [1.29, 1.82) is 0 Å². The highest BCUT2D eigenvalue weighted by atomic mass is 16.8. The maximum atomic E-state index is 15.8. The number of carbonyl (C=O) groups is 11. The lowest BCUT2D eigenvalue weighted by atomic mass is 9.93. The van der Waals surface area contributed by atoms with Crippen LogP contribution in [0, 0.1) is 0 Å². The second-order valence-electron chi connectivity index (χ2n) is 30.7. The molecule has 0 aliphatic carbocycles. The highest BCUT2D eigenvalue weighted by Gasteiger charge is 2.62. The molecule has 8 unspecified atom stereocenters. The summed E-state index contributed by atoms with van der Waals surface area (Å²) in [7, 11) is 0. The smallest absolute Gasteiger partial charge is 0.338 e. The van der Waals surface area contributed by atoms with Crippen molar-refractivity contribution < 1.29 is 148 Å². The molecule has 684 valence electrons. The number of aliphatic hydroxyl groups is 2. The van der Waals surface area contributed by atoms with E-state index in [1.54, 1.807) is 121 Å². The third kappa shape index (κ3) is 24.3. The zero-order valence-corrected chi connectivity index (χ0v) is 71.1. The molecule has 4 aliphatic rings. The Morgan fingerprint density at radius 1 is 0.265 bits per heavy atom. The number of aliphatic hydroxyl groups excluding tert-OH is 2. The molecule has 10 aromatic rings. The van der Waals surface area contributed by atoms with Crippen LogP contribution >= 0.6 is 0 Å². The number of benzene rings is 10. The van der Waals surface area contributed by atoms with Gasteiger partial charge in [0.2, 0.25) is 5.91 Å². The Labute approximate surface area is 756 Å². The van der Waals surface area contributed by atoms with Crippen molar-refractivity contribution in [2.75, 3.05) is 33.0 Å². The summed E-state index contributed by atoms with van der Waals surface area (Å²) < 4.78 is 119. The van der Waals surface area contributed by atoms with Crippen LogP contribution in [0.3, 0.4) is 0 Å². The van der Waals surface area contributed by atoms with Gasteiger partial charge in [-0.25, -0.2) is 47.9 Å². The Morgan fingerprint density at radius 3 is 0.841 bits per heavy atom. The van der Waals surface area contributed by atoms with E-state index in [9.17, 15) is 43.8 Å². The fourth-order valence-corrected chi connectivity index (χ4v) is 14.9. The van der Waals surface area contributed by atoms with E-state index in [0.717, 1.165) is 6.92 Å². The highest BCUT2D eigenvalue weighted by molar-refractivity contribution is 5.94. The van der Waals surface area contributed by atoms with Gasteiger partial charge in [0.05, 0.1) is 55.6 Å². The Bertz CT molecular complexity index is 5490. The van der Waals surface area contributed by atoms with Crippen LogP contribution in [0.25, 0.3) is 0 Å². The number of esters is 10. The summed E-state index contributed by atoms with van der Waals surface area (Å²) in [5.74, 6) is -11.6. The van der Waals surface area contributed by atoms with Gasteiger partial charge in [-0.3, -0.25) is 4.79 Å².